The number of benzene rings is 6. The van der Waals surface area contributed by atoms with Crippen LogP contribution in [-0.4, -0.2) is 10.7 Å². The van der Waals surface area contributed by atoms with Gasteiger partial charge in [-0.2, -0.15) is 0 Å². The number of allylic oxidation sites excluding steroid dienone is 4. The molecule has 3 aliphatic rings. The molecular formula is C48H34N2. The lowest BCUT2D eigenvalue weighted by molar-refractivity contribution is 0.738. The predicted molar refractivity (Wildman–Crippen MR) is 206 cm³/mol. The lowest BCUT2D eigenvalue weighted by atomic mass is 9.69. The smallest absolute Gasteiger partial charge is 0.0744 e. The summed E-state index contributed by atoms with van der Waals surface area (Å²) in [6, 6.07) is 55.0. The van der Waals surface area contributed by atoms with E-state index in [1.54, 1.807) is 0 Å². The molecule has 0 saturated heterocycles. The quantitative estimate of drug-likeness (QED) is 0.189. The molecule has 0 amide bonds. The Morgan fingerprint density at radius 2 is 1.24 bits per heavy atom. The number of pyridine rings is 1. The van der Waals surface area contributed by atoms with Gasteiger partial charge in [-0.15, -0.1) is 0 Å². The summed E-state index contributed by atoms with van der Waals surface area (Å²) in [5.74, 6) is 0.258. The van der Waals surface area contributed by atoms with Crippen LogP contribution in [0.5, 0.6) is 0 Å². The van der Waals surface area contributed by atoms with E-state index in [1.165, 1.54) is 50.1 Å². The number of fused-ring (bicyclic) bond motifs is 9. The van der Waals surface area contributed by atoms with Crippen molar-refractivity contribution in [2.24, 2.45) is 4.99 Å². The van der Waals surface area contributed by atoms with Crippen molar-refractivity contribution in [2.45, 2.75) is 24.7 Å². The predicted octanol–water partition coefficient (Wildman–Crippen LogP) is 11.6. The lowest BCUT2D eigenvalue weighted by Gasteiger charge is -2.31. The number of para-hydroxylation sites is 2. The van der Waals surface area contributed by atoms with Gasteiger partial charge in [0.05, 0.1) is 22.3 Å². The molecule has 2 aliphatic carbocycles. The van der Waals surface area contributed by atoms with Crippen LogP contribution >= 0.6 is 0 Å². The topological polar surface area (TPSA) is 25.2 Å². The third kappa shape index (κ3) is 4.21. The Balaban J connectivity index is 1.12. The summed E-state index contributed by atoms with van der Waals surface area (Å²) >= 11 is 0. The summed E-state index contributed by atoms with van der Waals surface area (Å²) in [4.78, 5) is 10.0. The number of rotatable bonds is 3. The molecule has 2 nitrogen and oxygen atoms in total. The zero-order valence-electron chi connectivity index (χ0n) is 27.8. The van der Waals surface area contributed by atoms with Crippen molar-refractivity contribution in [3.63, 3.8) is 0 Å². The lowest BCUT2D eigenvalue weighted by Crippen LogP contribution is -2.26. The monoisotopic (exact) mass is 638 g/mol. The zero-order chi connectivity index (χ0) is 33.2. The van der Waals surface area contributed by atoms with E-state index < -0.39 is 0 Å². The van der Waals surface area contributed by atoms with Gasteiger partial charge in [-0.1, -0.05) is 153 Å². The van der Waals surface area contributed by atoms with Gasteiger partial charge in [-0.3, -0.25) is 4.98 Å². The van der Waals surface area contributed by atoms with Crippen molar-refractivity contribution in [2.75, 3.05) is 0 Å². The number of aromatic nitrogens is 1. The van der Waals surface area contributed by atoms with Crippen molar-refractivity contribution >= 4 is 22.3 Å². The molecule has 0 bridgehead atoms. The number of hydrogen-bond acceptors (Lipinski definition) is 2. The average Bonchev–Trinajstić information content (AvgIpc) is 3.62. The molecule has 236 valence electrons. The number of aliphatic imine (C=N–C) groups is 1. The molecule has 1 aliphatic heterocycles. The summed E-state index contributed by atoms with van der Waals surface area (Å²) in [7, 11) is 0. The fourth-order valence-corrected chi connectivity index (χ4v) is 8.85. The highest BCUT2D eigenvalue weighted by Gasteiger charge is 2.53. The molecule has 7 aromatic rings. The second-order valence-corrected chi connectivity index (χ2v) is 13.7. The van der Waals surface area contributed by atoms with Gasteiger partial charge in [0.25, 0.3) is 0 Å². The van der Waals surface area contributed by atoms with Gasteiger partial charge in [0.15, 0.2) is 0 Å². The van der Waals surface area contributed by atoms with E-state index in [0.717, 1.165) is 45.4 Å². The van der Waals surface area contributed by atoms with Gasteiger partial charge >= 0.3 is 0 Å². The summed E-state index contributed by atoms with van der Waals surface area (Å²) in [5, 5.41) is 1.15. The number of nitrogens with zero attached hydrogens (tertiary/aromatic N) is 2. The van der Waals surface area contributed by atoms with Crippen LogP contribution in [0.15, 0.2) is 186 Å². The van der Waals surface area contributed by atoms with Crippen molar-refractivity contribution in [1.82, 2.24) is 4.98 Å². The van der Waals surface area contributed by atoms with Gasteiger partial charge in [-0.05, 0) is 73.9 Å². The third-order valence-corrected chi connectivity index (χ3v) is 11.1. The van der Waals surface area contributed by atoms with Crippen molar-refractivity contribution < 1.29 is 0 Å². The Labute approximate surface area is 292 Å². The van der Waals surface area contributed by atoms with E-state index in [4.69, 9.17) is 9.98 Å². The van der Waals surface area contributed by atoms with Crippen molar-refractivity contribution in [3.05, 3.63) is 215 Å². The van der Waals surface area contributed by atoms with Crippen LogP contribution in [0.2, 0.25) is 0 Å². The third-order valence-electron chi connectivity index (χ3n) is 11.1. The molecule has 6 aromatic carbocycles. The standard InChI is InChI=1S/C48H34N2/c1-31-38-14-4-7-17-42(38)48(43-18-8-5-15-39(43)40-16-6-9-19-44(40)48)41(31)27-26-36-28-35-13-3-11-21-46(35)50-47(36)33-24-22-32(23-25-33)37-29-34-12-2-10-20-45(34)49-30-37/h2-27,29-31H,28H2,1H3/b36-26+,41-27+. The fraction of sp³-hybridized carbons (Fsp3) is 0.0833. The summed E-state index contributed by atoms with van der Waals surface area (Å²) < 4.78 is 0. The maximum absolute atomic E-state index is 5.31. The molecular weight excluding hydrogens is 605 g/mol. The molecule has 0 radical (unpaired) electrons. The van der Waals surface area contributed by atoms with Crippen molar-refractivity contribution in [3.8, 4) is 22.3 Å². The first-order valence-electron chi connectivity index (χ1n) is 17.5. The highest BCUT2D eigenvalue weighted by Crippen LogP contribution is 2.63. The highest BCUT2D eigenvalue weighted by atomic mass is 14.8. The Bertz CT molecular complexity index is 2540. The van der Waals surface area contributed by atoms with Crippen LogP contribution < -0.4 is 0 Å². The second kappa shape index (κ2) is 11.2. The van der Waals surface area contributed by atoms with E-state index >= 15 is 0 Å². The van der Waals surface area contributed by atoms with Crippen LogP contribution in [0.1, 0.15) is 46.2 Å². The molecule has 10 rings (SSSR count). The Morgan fingerprint density at radius 3 is 2.04 bits per heavy atom. The maximum Gasteiger partial charge on any atom is 0.0744 e. The fourth-order valence-electron chi connectivity index (χ4n) is 8.85. The van der Waals surface area contributed by atoms with Crippen LogP contribution in [0.25, 0.3) is 33.2 Å². The molecule has 0 N–H and O–H groups in total. The van der Waals surface area contributed by atoms with Crippen LogP contribution in [0.3, 0.4) is 0 Å². The van der Waals surface area contributed by atoms with Crippen LogP contribution in [-0.2, 0) is 11.8 Å². The summed E-state index contributed by atoms with van der Waals surface area (Å²) in [5.41, 5.74) is 18.3. The van der Waals surface area contributed by atoms with E-state index in [1.807, 2.05) is 12.3 Å². The van der Waals surface area contributed by atoms with Gasteiger partial charge in [0, 0.05) is 35.0 Å². The molecule has 1 aromatic heterocycles. The van der Waals surface area contributed by atoms with Crippen LogP contribution in [0, 0.1) is 0 Å². The minimum atomic E-state index is -0.334. The minimum Gasteiger partial charge on any atom is -0.256 e. The normalized spacial score (nSPS) is 18.2. The van der Waals surface area contributed by atoms with Gasteiger partial charge in [-0.25, -0.2) is 4.99 Å². The largest absolute Gasteiger partial charge is 0.256 e. The van der Waals surface area contributed by atoms with E-state index in [2.05, 4.69) is 165 Å². The zero-order valence-corrected chi connectivity index (χ0v) is 27.8. The molecule has 50 heavy (non-hydrogen) atoms. The first kappa shape index (κ1) is 28.9. The Morgan fingerprint density at radius 1 is 0.600 bits per heavy atom. The Hall–Kier alpha value is -6.12. The second-order valence-electron chi connectivity index (χ2n) is 13.7. The first-order valence-corrected chi connectivity index (χ1v) is 17.5. The van der Waals surface area contributed by atoms with E-state index in [0.29, 0.717) is 0 Å². The first-order chi connectivity index (χ1) is 24.7. The molecule has 1 atom stereocenters. The SMILES string of the molecule is CC1/C(=C\C=C2/Cc3ccccc3N=C2c2ccc(-c3cnc4ccccc4c3)cc2)C2(c3ccccc3-c3ccccc32)c2ccccc21. The van der Waals surface area contributed by atoms with E-state index in [9.17, 15) is 0 Å². The average molecular weight is 639 g/mol. The summed E-state index contributed by atoms with van der Waals surface area (Å²) in [6.07, 6.45) is 7.62. The summed E-state index contributed by atoms with van der Waals surface area (Å²) in [6.45, 7) is 2.38. The minimum absolute atomic E-state index is 0.258. The highest BCUT2D eigenvalue weighted by molar-refractivity contribution is 6.15. The van der Waals surface area contributed by atoms with Crippen LogP contribution in [0.4, 0.5) is 5.69 Å². The van der Waals surface area contributed by atoms with Gasteiger partial charge in [0.2, 0.25) is 0 Å². The molecule has 0 fully saturated rings. The molecule has 2 heteroatoms. The maximum atomic E-state index is 5.31. The van der Waals surface area contributed by atoms with E-state index in [-0.39, 0.29) is 11.3 Å². The van der Waals surface area contributed by atoms with Crippen molar-refractivity contribution in [1.29, 1.82) is 0 Å². The van der Waals surface area contributed by atoms with Gasteiger partial charge in [0.1, 0.15) is 0 Å². The Kier molecular flexibility index (Phi) is 6.47. The molecule has 2 heterocycles. The van der Waals surface area contributed by atoms with Gasteiger partial charge < -0.3 is 0 Å². The molecule has 1 unspecified atom stereocenters. The molecule has 0 saturated carbocycles. The number of hydrogen-bond donors (Lipinski definition) is 0. The molecule has 1 spiro atoms.